The molecule has 144 valence electrons. The molecule has 0 saturated carbocycles. The molecule has 1 atom stereocenters. The number of carbonyl (C=O) groups excluding carboxylic acids is 1. The Balaban J connectivity index is 2.15. The van der Waals surface area contributed by atoms with Gasteiger partial charge < -0.3 is 10.4 Å². The number of hydrogen-bond acceptors (Lipinski definition) is 5. The van der Waals surface area contributed by atoms with Gasteiger partial charge in [0.25, 0.3) is 11.5 Å². The van der Waals surface area contributed by atoms with Gasteiger partial charge in [-0.1, -0.05) is 24.3 Å². The number of aromatic nitrogens is 3. The van der Waals surface area contributed by atoms with Crippen molar-refractivity contribution in [2.75, 3.05) is 6.61 Å². The van der Waals surface area contributed by atoms with Crippen molar-refractivity contribution in [2.24, 2.45) is 0 Å². The lowest BCUT2D eigenvalue weighted by Gasteiger charge is -2.13. The third-order valence-electron chi connectivity index (χ3n) is 4.10. The highest BCUT2D eigenvalue weighted by molar-refractivity contribution is 5.95. The van der Waals surface area contributed by atoms with Crippen LogP contribution < -0.4 is 10.9 Å². The van der Waals surface area contributed by atoms with Crippen LogP contribution in [0.15, 0.2) is 59.7 Å². The van der Waals surface area contributed by atoms with E-state index in [4.69, 9.17) is 5.11 Å². The van der Waals surface area contributed by atoms with E-state index in [0.29, 0.717) is 22.5 Å². The first-order chi connectivity index (χ1) is 13.5. The van der Waals surface area contributed by atoms with E-state index < -0.39 is 24.2 Å². The van der Waals surface area contributed by atoms with Gasteiger partial charge in [-0.05, 0) is 30.7 Å². The lowest BCUT2D eigenvalue weighted by molar-refractivity contribution is 0.0920. The van der Waals surface area contributed by atoms with Crippen molar-refractivity contribution in [3.05, 3.63) is 76.3 Å². The fraction of sp³-hybridized carbons (Fsp3) is 0.200. The van der Waals surface area contributed by atoms with E-state index in [1.807, 2.05) is 0 Å². The Morgan fingerprint density at radius 2 is 2.04 bits per heavy atom. The Hall–Kier alpha value is -3.39. The SMILES string of the molecule is C[C@@H](CO)NC(=O)c1cc(-c2ccc(CF)cc2)nn(-c2cccnc2)c1=O. The van der Waals surface area contributed by atoms with Crippen LogP contribution in [0.2, 0.25) is 0 Å². The quantitative estimate of drug-likeness (QED) is 0.678. The van der Waals surface area contributed by atoms with Gasteiger partial charge >= 0.3 is 0 Å². The monoisotopic (exact) mass is 382 g/mol. The number of aliphatic hydroxyl groups excluding tert-OH is 1. The number of benzene rings is 1. The summed E-state index contributed by atoms with van der Waals surface area (Å²) >= 11 is 0. The van der Waals surface area contributed by atoms with E-state index in [0.717, 1.165) is 4.68 Å². The van der Waals surface area contributed by atoms with Gasteiger partial charge in [-0.3, -0.25) is 14.6 Å². The molecule has 2 N–H and O–H groups in total. The number of aliphatic hydroxyl groups is 1. The van der Waals surface area contributed by atoms with Crippen LogP contribution >= 0.6 is 0 Å². The van der Waals surface area contributed by atoms with Crippen LogP contribution in [0.5, 0.6) is 0 Å². The van der Waals surface area contributed by atoms with Gasteiger partial charge in [0.05, 0.1) is 24.2 Å². The molecule has 0 aliphatic rings. The van der Waals surface area contributed by atoms with Crippen LogP contribution in [-0.4, -0.2) is 38.4 Å². The highest BCUT2D eigenvalue weighted by atomic mass is 19.1. The minimum Gasteiger partial charge on any atom is -0.394 e. The van der Waals surface area contributed by atoms with E-state index in [-0.39, 0.29) is 12.2 Å². The molecule has 0 spiro atoms. The Morgan fingerprint density at radius 1 is 1.29 bits per heavy atom. The maximum absolute atomic E-state index is 12.9. The average Bonchev–Trinajstić information content (AvgIpc) is 2.74. The molecule has 3 aromatic rings. The first-order valence-electron chi connectivity index (χ1n) is 8.65. The maximum atomic E-state index is 12.9. The van der Waals surface area contributed by atoms with Gasteiger partial charge in [-0.25, -0.2) is 4.39 Å². The molecule has 8 heteroatoms. The second-order valence-electron chi connectivity index (χ2n) is 6.26. The summed E-state index contributed by atoms with van der Waals surface area (Å²) < 4.78 is 13.9. The number of alkyl halides is 1. The Morgan fingerprint density at radius 3 is 2.64 bits per heavy atom. The minimum absolute atomic E-state index is 0.122. The summed E-state index contributed by atoms with van der Waals surface area (Å²) in [5.41, 5.74) is 1.18. The average molecular weight is 382 g/mol. The van der Waals surface area contributed by atoms with Gasteiger partial charge in [-0.2, -0.15) is 9.78 Å². The van der Waals surface area contributed by atoms with Crippen molar-refractivity contribution < 1.29 is 14.3 Å². The number of nitrogens with zero attached hydrogens (tertiary/aromatic N) is 3. The molecule has 0 radical (unpaired) electrons. The predicted octanol–water partition coefficient (Wildman–Crippen LogP) is 1.87. The molecule has 2 heterocycles. The first-order valence-corrected chi connectivity index (χ1v) is 8.65. The number of nitrogens with one attached hydrogen (secondary N) is 1. The summed E-state index contributed by atoms with van der Waals surface area (Å²) in [5, 5.41) is 16.1. The van der Waals surface area contributed by atoms with Gasteiger partial charge in [-0.15, -0.1) is 0 Å². The molecule has 7 nitrogen and oxygen atoms in total. The number of hydrogen-bond donors (Lipinski definition) is 2. The summed E-state index contributed by atoms with van der Waals surface area (Å²) in [7, 11) is 0. The smallest absolute Gasteiger partial charge is 0.284 e. The Bertz CT molecular complexity index is 1020. The lowest BCUT2D eigenvalue weighted by atomic mass is 10.1. The minimum atomic E-state index is -0.617. The highest BCUT2D eigenvalue weighted by Crippen LogP contribution is 2.19. The molecule has 1 aromatic carbocycles. The molecule has 1 amide bonds. The van der Waals surface area contributed by atoms with Gasteiger partial charge in [0.1, 0.15) is 12.2 Å². The lowest BCUT2D eigenvalue weighted by Crippen LogP contribution is -2.39. The summed E-state index contributed by atoms with van der Waals surface area (Å²) in [6.45, 7) is 0.774. The Kier molecular flexibility index (Phi) is 5.90. The van der Waals surface area contributed by atoms with Crippen molar-refractivity contribution in [3.8, 4) is 16.9 Å². The fourth-order valence-electron chi connectivity index (χ4n) is 2.56. The molecule has 0 fully saturated rings. The van der Waals surface area contributed by atoms with Crippen molar-refractivity contribution >= 4 is 5.91 Å². The molecule has 2 aromatic heterocycles. The zero-order valence-corrected chi connectivity index (χ0v) is 15.2. The van der Waals surface area contributed by atoms with E-state index in [1.165, 1.54) is 12.3 Å². The largest absolute Gasteiger partial charge is 0.394 e. The van der Waals surface area contributed by atoms with Crippen molar-refractivity contribution in [1.29, 1.82) is 0 Å². The van der Waals surface area contributed by atoms with Gasteiger partial charge in [0, 0.05) is 17.8 Å². The number of rotatable bonds is 6. The maximum Gasteiger partial charge on any atom is 0.284 e. The van der Waals surface area contributed by atoms with E-state index >= 15 is 0 Å². The van der Waals surface area contributed by atoms with Crippen LogP contribution in [0.25, 0.3) is 16.9 Å². The molecule has 0 saturated heterocycles. The van der Waals surface area contributed by atoms with Crippen LogP contribution in [0, 0.1) is 0 Å². The molecule has 0 bridgehead atoms. The van der Waals surface area contributed by atoms with Crippen LogP contribution in [0.4, 0.5) is 4.39 Å². The third-order valence-corrected chi connectivity index (χ3v) is 4.10. The zero-order chi connectivity index (χ0) is 20.1. The molecule has 0 aliphatic carbocycles. The van der Waals surface area contributed by atoms with Crippen LogP contribution in [0.1, 0.15) is 22.8 Å². The van der Waals surface area contributed by atoms with Crippen LogP contribution in [-0.2, 0) is 6.67 Å². The molecular formula is C20H19FN4O3. The van der Waals surface area contributed by atoms with Crippen molar-refractivity contribution in [3.63, 3.8) is 0 Å². The number of pyridine rings is 1. The van der Waals surface area contributed by atoms with Crippen molar-refractivity contribution in [1.82, 2.24) is 20.1 Å². The van der Waals surface area contributed by atoms with Crippen molar-refractivity contribution in [2.45, 2.75) is 19.6 Å². The topological polar surface area (TPSA) is 97.1 Å². The van der Waals surface area contributed by atoms with E-state index in [9.17, 15) is 14.0 Å². The summed E-state index contributed by atoms with van der Waals surface area (Å²) in [5.74, 6) is -0.617. The molecular weight excluding hydrogens is 363 g/mol. The summed E-state index contributed by atoms with van der Waals surface area (Å²) in [4.78, 5) is 29.4. The molecule has 28 heavy (non-hydrogen) atoms. The number of amides is 1. The molecule has 3 rings (SSSR count). The van der Waals surface area contributed by atoms with Gasteiger partial charge in [0.15, 0.2) is 0 Å². The summed E-state index contributed by atoms with van der Waals surface area (Å²) in [6.07, 6.45) is 3.02. The van der Waals surface area contributed by atoms with E-state index in [1.54, 1.807) is 49.5 Å². The zero-order valence-electron chi connectivity index (χ0n) is 15.2. The third kappa shape index (κ3) is 4.12. The van der Waals surface area contributed by atoms with Crippen LogP contribution in [0.3, 0.4) is 0 Å². The molecule has 0 unspecified atom stereocenters. The van der Waals surface area contributed by atoms with E-state index in [2.05, 4.69) is 15.4 Å². The standard InChI is InChI=1S/C20H19FN4O3/c1-13(12-26)23-19(27)17-9-18(15-6-4-14(10-21)5-7-15)24-25(20(17)28)16-3-2-8-22-11-16/h2-9,11,13,26H,10,12H2,1H3,(H,23,27)/t13-/m0/s1. The second kappa shape index (κ2) is 8.53. The predicted molar refractivity (Wildman–Crippen MR) is 102 cm³/mol. The number of halogens is 1. The normalized spacial score (nSPS) is 11.8. The number of carbonyl (C=O) groups is 1. The molecule has 0 aliphatic heterocycles. The second-order valence-corrected chi connectivity index (χ2v) is 6.26. The fourth-order valence-corrected chi connectivity index (χ4v) is 2.56. The highest BCUT2D eigenvalue weighted by Gasteiger charge is 2.18. The summed E-state index contributed by atoms with van der Waals surface area (Å²) in [6, 6.07) is 10.8. The Labute approximate surface area is 160 Å². The van der Waals surface area contributed by atoms with Gasteiger partial charge in [0.2, 0.25) is 0 Å². The first kappa shape index (κ1) is 19.4.